The van der Waals surface area contributed by atoms with Crippen molar-refractivity contribution in [3.8, 4) is 16.8 Å². The van der Waals surface area contributed by atoms with E-state index in [1.54, 1.807) is 0 Å². The molecule has 0 N–H and O–H groups in total. The Balaban J connectivity index is 1.03. The highest BCUT2D eigenvalue weighted by molar-refractivity contribution is 7.25. The zero-order valence-electron chi connectivity index (χ0n) is 39.5. The van der Waals surface area contributed by atoms with Gasteiger partial charge in [-0.05, 0) is 130 Å². The molecule has 0 aliphatic heterocycles. The molecule has 4 nitrogen and oxygen atoms in total. The maximum atomic E-state index is 6.65. The van der Waals surface area contributed by atoms with E-state index < -0.39 is 0 Å². The molecule has 3 heterocycles. The zero-order chi connectivity index (χ0) is 48.0. The summed E-state index contributed by atoms with van der Waals surface area (Å²) in [5, 5.41) is 12.0. The van der Waals surface area contributed by atoms with E-state index in [2.05, 4.69) is 269 Å². The van der Waals surface area contributed by atoms with E-state index in [0.29, 0.717) is 0 Å². The number of nitrogens with zero attached hydrogens (tertiary/aromatic N) is 3. The first kappa shape index (κ1) is 41.4. The van der Waals surface area contributed by atoms with Crippen LogP contribution in [-0.4, -0.2) is 4.57 Å². The van der Waals surface area contributed by atoms with Gasteiger partial charge in [-0.25, -0.2) is 0 Å². The van der Waals surface area contributed by atoms with Gasteiger partial charge in [-0.3, -0.25) is 0 Å². The highest BCUT2D eigenvalue weighted by atomic mass is 32.1. The Labute approximate surface area is 425 Å². The van der Waals surface area contributed by atoms with Crippen molar-refractivity contribution in [3.05, 3.63) is 261 Å². The van der Waals surface area contributed by atoms with Gasteiger partial charge in [0.25, 0.3) is 0 Å². The lowest BCUT2D eigenvalue weighted by Crippen LogP contribution is -2.14. The molecule has 5 heteroatoms. The van der Waals surface area contributed by atoms with Crippen molar-refractivity contribution < 1.29 is 4.42 Å². The SMILES string of the molecule is c1ccc(N(c2cc(-c3ccc4c5c6ccccc6ccc5n(-c5ccccc5)c4c3)cc(N(c3ccc4c(c3)oc3ccccc34)c3ccc4sc5ccccc5c4c3)c2)c2cccc3ccccc23)cc1. The number of para-hydroxylation sites is 3. The Morgan fingerprint density at radius 1 is 0.315 bits per heavy atom. The molecule has 73 heavy (non-hydrogen) atoms. The van der Waals surface area contributed by atoms with Crippen molar-refractivity contribution in [1.29, 1.82) is 0 Å². The van der Waals surface area contributed by atoms with Crippen LogP contribution in [0.2, 0.25) is 0 Å². The third-order valence-electron chi connectivity index (χ3n) is 14.7. The highest BCUT2D eigenvalue weighted by Crippen LogP contribution is 2.48. The van der Waals surface area contributed by atoms with Crippen molar-refractivity contribution in [3.63, 3.8) is 0 Å². The largest absolute Gasteiger partial charge is 0.456 e. The van der Waals surface area contributed by atoms with E-state index in [1.807, 2.05) is 17.4 Å². The average Bonchev–Trinajstić information content (AvgIpc) is 4.13. The van der Waals surface area contributed by atoms with Crippen LogP contribution in [0.3, 0.4) is 0 Å². The second kappa shape index (κ2) is 16.6. The number of furan rings is 1. The number of hydrogen-bond donors (Lipinski definition) is 0. The van der Waals surface area contributed by atoms with Crippen molar-refractivity contribution in [2.75, 3.05) is 9.80 Å². The standard InChI is InChI=1S/C68H43N3OS/c1-3-19-48(20-4-1)70(61-27-15-18-44-16-7-9-23-54(44)61)53-39-47(46-30-34-59-63(40-46)71(49-21-5-2-6-22-49)62-36-31-45-17-8-10-24-55(45)68(59)62)38-52(41-53)69(50-33-37-67-60(42-50)58-26-12-14-29-66(58)73-67)51-32-35-57-56-25-11-13-28-64(56)72-65(57)43-51/h1-43H. The van der Waals surface area contributed by atoms with Gasteiger partial charge < -0.3 is 18.8 Å². The van der Waals surface area contributed by atoms with Crippen LogP contribution in [0, 0.1) is 0 Å². The van der Waals surface area contributed by atoms with Crippen LogP contribution in [0.1, 0.15) is 0 Å². The molecule has 0 radical (unpaired) electrons. The summed E-state index contributed by atoms with van der Waals surface area (Å²) in [4.78, 5) is 4.85. The van der Waals surface area contributed by atoms with Crippen LogP contribution in [-0.2, 0) is 0 Å². The Kier molecular flexibility index (Phi) is 9.41. The Hall–Kier alpha value is -9.42. The number of anilines is 6. The van der Waals surface area contributed by atoms with Gasteiger partial charge in [0.05, 0.1) is 16.7 Å². The third kappa shape index (κ3) is 6.74. The van der Waals surface area contributed by atoms with Crippen LogP contribution in [0.15, 0.2) is 265 Å². The zero-order valence-corrected chi connectivity index (χ0v) is 40.3. The van der Waals surface area contributed by atoms with Crippen LogP contribution >= 0.6 is 11.3 Å². The molecule has 0 bridgehead atoms. The lowest BCUT2D eigenvalue weighted by Gasteiger charge is -2.31. The van der Waals surface area contributed by atoms with Crippen molar-refractivity contribution in [2.24, 2.45) is 0 Å². The number of hydrogen-bond acceptors (Lipinski definition) is 4. The van der Waals surface area contributed by atoms with Gasteiger partial charge in [0.2, 0.25) is 0 Å². The predicted octanol–water partition coefficient (Wildman–Crippen LogP) is 20.0. The quantitative estimate of drug-likeness (QED) is 0.152. The van der Waals surface area contributed by atoms with Crippen LogP contribution < -0.4 is 9.80 Å². The van der Waals surface area contributed by atoms with Gasteiger partial charge >= 0.3 is 0 Å². The molecule has 0 unspecified atom stereocenters. The van der Waals surface area contributed by atoms with E-state index in [9.17, 15) is 0 Å². The normalized spacial score (nSPS) is 11.8. The second-order valence-corrected chi connectivity index (χ2v) is 20.0. The van der Waals surface area contributed by atoms with Gasteiger partial charge in [-0.1, -0.05) is 152 Å². The lowest BCUT2D eigenvalue weighted by molar-refractivity contribution is 0.669. The van der Waals surface area contributed by atoms with Crippen molar-refractivity contribution in [1.82, 2.24) is 4.57 Å². The smallest absolute Gasteiger partial charge is 0.137 e. The highest BCUT2D eigenvalue weighted by Gasteiger charge is 2.24. The van der Waals surface area contributed by atoms with E-state index in [0.717, 1.165) is 78.4 Å². The first-order chi connectivity index (χ1) is 36.2. The molecule has 0 fully saturated rings. The van der Waals surface area contributed by atoms with Crippen LogP contribution in [0.5, 0.6) is 0 Å². The summed E-state index contributed by atoms with van der Waals surface area (Å²) < 4.78 is 11.6. The number of fused-ring (bicyclic) bond motifs is 12. The molecule has 0 saturated carbocycles. The van der Waals surface area contributed by atoms with Crippen LogP contribution in [0.4, 0.5) is 34.1 Å². The average molecular weight is 950 g/mol. The van der Waals surface area contributed by atoms with Crippen molar-refractivity contribution in [2.45, 2.75) is 0 Å². The summed E-state index contributed by atoms with van der Waals surface area (Å²) in [6, 6.07) is 95.1. The van der Waals surface area contributed by atoms with Gasteiger partial charge in [0, 0.05) is 87.3 Å². The summed E-state index contributed by atoms with van der Waals surface area (Å²) in [6.45, 7) is 0. The number of rotatable bonds is 8. The van der Waals surface area contributed by atoms with Gasteiger partial charge in [0.15, 0.2) is 0 Å². The number of aromatic nitrogens is 1. The minimum Gasteiger partial charge on any atom is -0.456 e. The molecule has 3 aromatic heterocycles. The van der Waals surface area contributed by atoms with Gasteiger partial charge in [-0.15, -0.1) is 11.3 Å². The minimum absolute atomic E-state index is 0.843. The molecule has 0 spiro atoms. The fourth-order valence-corrected chi connectivity index (χ4v) is 12.5. The summed E-state index contributed by atoms with van der Waals surface area (Å²) in [6.07, 6.45) is 0. The van der Waals surface area contributed by atoms with E-state index >= 15 is 0 Å². The maximum absolute atomic E-state index is 6.65. The topological polar surface area (TPSA) is 24.6 Å². The maximum Gasteiger partial charge on any atom is 0.137 e. The fraction of sp³-hybridized carbons (Fsp3) is 0. The number of benzene rings is 12. The molecule has 12 aromatic carbocycles. The molecule has 0 amide bonds. The monoisotopic (exact) mass is 949 g/mol. The molecule has 0 saturated heterocycles. The molecule has 342 valence electrons. The summed E-state index contributed by atoms with van der Waals surface area (Å²) in [5.74, 6) is 0. The molecule has 15 rings (SSSR count). The van der Waals surface area contributed by atoms with Crippen LogP contribution in [0.25, 0.3) is 102 Å². The first-order valence-electron chi connectivity index (χ1n) is 24.8. The summed E-state index contributed by atoms with van der Waals surface area (Å²) >= 11 is 1.84. The summed E-state index contributed by atoms with van der Waals surface area (Å²) in [5.41, 5.74) is 13.6. The molecule has 0 atom stereocenters. The van der Waals surface area contributed by atoms with E-state index in [4.69, 9.17) is 4.42 Å². The lowest BCUT2D eigenvalue weighted by atomic mass is 9.99. The van der Waals surface area contributed by atoms with E-state index in [1.165, 1.54) is 58.0 Å². The van der Waals surface area contributed by atoms with Crippen molar-refractivity contribution >= 4 is 131 Å². The van der Waals surface area contributed by atoms with Gasteiger partial charge in [-0.2, -0.15) is 0 Å². The minimum atomic E-state index is 0.843. The third-order valence-corrected chi connectivity index (χ3v) is 15.8. The fourth-order valence-electron chi connectivity index (χ4n) is 11.4. The summed E-state index contributed by atoms with van der Waals surface area (Å²) in [7, 11) is 0. The first-order valence-corrected chi connectivity index (χ1v) is 25.6. The Bertz CT molecular complexity index is 4640. The molecular formula is C68H43N3OS. The van der Waals surface area contributed by atoms with E-state index in [-0.39, 0.29) is 0 Å². The number of thiophene rings is 1. The molecule has 15 aromatic rings. The Morgan fingerprint density at radius 2 is 0.945 bits per heavy atom. The molecule has 0 aliphatic carbocycles. The van der Waals surface area contributed by atoms with Gasteiger partial charge in [0.1, 0.15) is 11.2 Å². The molecule has 0 aliphatic rings. The second-order valence-electron chi connectivity index (χ2n) is 18.9. The predicted molar refractivity (Wildman–Crippen MR) is 311 cm³/mol. The molecular weight excluding hydrogens is 907 g/mol. The Morgan fingerprint density at radius 3 is 1.79 bits per heavy atom.